The van der Waals surface area contributed by atoms with Gasteiger partial charge in [0.15, 0.2) is 0 Å². The van der Waals surface area contributed by atoms with E-state index in [0.29, 0.717) is 16.1 Å². The highest BCUT2D eigenvalue weighted by molar-refractivity contribution is 7.19. The molecule has 2 aromatic heterocycles. The van der Waals surface area contributed by atoms with E-state index >= 15 is 0 Å². The van der Waals surface area contributed by atoms with Gasteiger partial charge in [-0.15, -0.1) is 11.3 Å². The number of fused-ring (bicyclic) bond motifs is 1. The van der Waals surface area contributed by atoms with Gasteiger partial charge >= 0.3 is 11.7 Å². The van der Waals surface area contributed by atoms with E-state index in [9.17, 15) is 18.8 Å². The molecule has 2 heterocycles. The number of benzene rings is 1. The number of nitrogens with zero attached hydrogens (tertiary/aromatic N) is 2. The van der Waals surface area contributed by atoms with E-state index in [1.54, 1.807) is 19.1 Å². The van der Waals surface area contributed by atoms with Crippen LogP contribution in [0.4, 0.5) is 4.39 Å². The Balaban J connectivity index is 2.35. The van der Waals surface area contributed by atoms with E-state index in [2.05, 4.69) is 0 Å². The molecule has 0 aliphatic carbocycles. The van der Waals surface area contributed by atoms with Crippen molar-refractivity contribution in [2.75, 3.05) is 6.61 Å². The minimum Gasteiger partial charge on any atom is -0.462 e. The third kappa shape index (κ3) is 3.40. The maximum atomic E-state index is 13.2. The van der Waals surface area contributed by atoms with Crippen LogP contribution < -0.4 is 11.2 Å². The van der Waals surface area contributed by atoms with Gasteiger partial charge in [-0.2, -0.15) is 0 Å². The predicted molar refractivity (Wildman–Crippen MR) is 107 cm³/mol. The minimum absolute atomic E-state index is 0.163. The van der Waals surface area contributed by atoms with Gasteiger partial charge in [0.25, 0.3) is 5.56 Å². The molecule has 0 N–H and O–H groups in total. The molecule has 0 aliphatic heterocycles. The van der Waals surface area contributed by atoms with E-state index < -0.39 is 17.2 Å². The molecule has 0 saturated carbocycles. The van der Waals surface area contributed by atoms with Gasteiger partial charge in [-0.1, -0.05) is 12.1 Å². The fraction of sp³-hybridized carbons (Fsp3) is 0.350. The second kappa shape index (κ2) is 7.71. The lowest BCUT2D eigenvalue weighted by atomic mass is 10.1. The van der Waals surface area contributed by atoms with Crippen molar-refractivity contribution in [2.24, 2.45) is 7.05 Å². The van der Waals surface area contributed by atoms with Crippen molar-refractivity contribution in [3.63, 3.8) is 0 Å². The summed E-state index contributed by atoms with van der Waals surface area (Å²) in [5.74, 6) is -0.954. The molecule has 0 spiro atoms. The topological polar surface area (TPSA) is 70.3 Å². The molecule has 6 nitrogen and oxygen atoms in total. The van der Waals surface area contributed by atoms with Crippen LogP contribution in [-0.2, 0) is 18.2 Å². The van der Waals surface area contributed by atoms with E-state index in [1.165, 1.54) is 35.1 Å². The zero-order valence-corrected chi connectivity index (χ0v) is 16.9. The van der Waals surface area contributed by atoms with Crippen molar-refractivity contribution < 1.29 is 13.9 Å². The first-order valence-electron chi connectivity index (χ1n) is 8.94. The molecular weight excluding hydrogens is 383 g/mol. The number of hydrogen-bond donors (Lipinski definition) is 0. The summed E-state index contributed by atoms with van der Waals surface area (Å²) in [6.07, 6.45) is 0.323. The first-order chi connectivity index (χ1) is 13.3. The fourth-order valence-electron chi connectivity index (χ4n) is 3.12. The number of hydrogen-bond acceptors (Lipinski definition) is 5. The van der Waals surface area contributed by atoms with Crippen LogP contribution in [-0.4, -0.2) is 21.7 Å². The summed E-state index contributed by atoms with van der Waals surface area (Å²) in [7, 11) is 1.40. The zero-order chi connectivity index (χ0) is 20.6. The van der Waals surface area contributed by atoms with Crippen LogP contribution in [0.1, 0.15) is 47.6 Å². The van der Waals surface area contributed by atoms with Crippen molar-refractivity contribution >= 4 is 27.5 Å². The molecule has 0 aliphatic rings. The Kier molecular flexibility index (Phi) is 5.51. The van der Waals surface area contributed by atoms with Gasteiger partial charge in [-0.3, -0.25) is 13.9 Å². The normalized spacial score (nSPS) is 11.4. The van der Waals surface area contributed by atoms with E-state index in [0.717, 1.165) is 10.1 Å². The summed E-state index contributed by atoms with van der Waals surface area (Å²) in [4.78, 5) is 39.3. The van der Waals surface area contributed by atoms with Crippen LogP contribution in [0.3, 0.4) is 0 Å². The molecule has 0 unspecified atom stereocenters. The van der Waals surface area contributed by atoms with Crippen molar-refractivity contribution in [1.82, 2.24) is 9.13 Å². The monoisotopic (exact) mass is 404 g/mol. The fourth-order valence-corrected chi connectivity index (χ4v) is 4.56. The predicted octanol–water partition coefficient (Wildman–Crippen LogP) is 3.25. The summed E-state index contributed by atoms with van der Waals surface area (Å²) in [5, 5.41) is 0.191. The molecule has 3 aromatic rings. The molecule has 0 radical (unpaired) electrons. The average Bonchev–Trinajstić information content (AvgIpc) is 3.00. The maximum Gasteiger partial charge on any atom is 0.340 e. The number of aromatic nitrogens is 2. The lowest BCUT2D eigenvalue weighted by Gasteiger charge is -2.12. The van der Waals surface area contributed by atoms with E-state index in [1.807, 2.05) is 13.8 Å². The molecule has 0 bridgehead atoms. The number of carbonyl (C=O) groups is 1. The number of rotatable bonds is 5. The Morgan fingerprint density at radius 1 is 1.21 bits per heavy atom. The molecule has 0 fully saturated rings. The van der Waals surface area contributed by atoms with Crippen molar-refractivity contribution in [3.05, 3.63) is 66.9 Å². The maximum absolute atomic E-state index is 13.2. The molecular formula is C20H21FN2O4S. The summed E-state index contributed by atoms with van der Waals surface area (Å²) in [5.41, 5.74) is 0.00833. The Morgan fingerprint density at radius 2 is 1.86 bits per heavy atom. The van der Waals surface area contributed by atoms with Gasteiger partial charge in [0.05, 0.1) is 17.6 Å². The van der Waals surface area contributed by atoms with Gasteiger partial charge in [-0.05, 0) is 38.5 Å². The zero-order valence-electron chi connectivity index (χ0n) is 16.1. The first-order valence-corrected chi connectivity index (χ1v) is 9.76. The highest BCUT2D eigenvalue weighted by Crippen LogP contribution is 2.32. The number of halogens is 1. The number of ether oxygens (including phenoxy) is 1. The third-order valence-electron chi connectivity index (χ3n) is 4.47. The van der Waals surface area contributed by atoms with Crippen LogP contribution in [0.2, 0.25) is 0 Å². The highest BCUT2D eigenvalue weighted by atomic mass is 32.1. The largest absolute Gasteiger partial charge is 0.462 e. The van der Waals surface area contributed by atoms with Crippen LogP contribution in [0.5, 0.6) is 0 Å². The standard InChI is InChI=1S/C20H21FN2O4S/c1-5-27-19(25)15-14(10-12-6-8-13(21)9-7-12)28-18-16(15)17(24)22(4)20(26)23(18)11(2)3/h6-9,11H,5,10H2,1-4H3. The Morgan fingerprint density at radius 3 is 2.43 bits per heavy atom. The number of carbonyl (C=O) groups excluding carboxylic acids is 1. The van der Waals surface area contributed by atoms with Crippen LogP contribution in [0.15, 0.2) is 33.9 Å². The SMILES string of the molecule is CCOC(=O)c1c(Cc2ccc(F)cc2)sc2c1c(=O)n(C)c(=O)n2C(C)C. The van der Waals surface area contributed by atoms with Gasteiger partial charge in [0.2, 0.25) is 0 Å². The van der Waals surface area contributed by atoms with Gasteiger partial charge in [0, 0.05) is 24.4 Å². The van der Waals surface area contributed by atoms with Crippen LogP contribution in [0, 0.1) is 5.82 Å². The third-order valence-corrected chi connectivity index (χ3v) is 5.66. The summed E-state index contributed by atoms with van der Waals surface area (Å²) in [6.45, 7) is 5.54. The highest BCUT2D eigenvalue weighted by Gasteiger charge is 2.27. The Hall–Kier alpha value is -2.74. The summed E-state index contributed by atoms with van der Waals surface area (Å²) >= 11 is 1.22. The van der Waals surface area contributed by atoms with E-state index in [-0.39, 0.29) is 29.4 Å². The van der Waals surface area contributed by atoms with Gasteiger partial charge in [0.1, 0.15) is 10.6 Å². The quantitative estimate of drug-likeness (QED) is 0.612. The lowest BCUT2D eigenvalue weighted by Crippen LogP contribution is -2.38. The van der Waals surface area contributed by atoms with Crippen LogP contribution in [0.25, 0.3) is 10.2 Å². The van der Waals surface area contributed by atoms with E-state index in [4.69, 9.17) is 4.74 Å². The first kappa shape index (κ1) is 20.0. The molecule has 1 aromatic carbocycles. The molecule has 0 amide bonds. The second-order valence-electron chi connectivity index (χ2n) is 6.71. The molecule has 0 atom stereocenters. The molecule has 28 heavy (non-hydrogen) atoms. The van der Waals surface area contributed by atoms with Gasteiger partial charge < -0.3 is 4.74 Å². The van der Waals surface area contributed by atoms with Gasteiger partial charge in [-0.25, -0.2) is 14.0 Å². The minimum atomic E-state index is -0.600. The Bertz CT molecular complexity index is 1160. The van der Waals surface area contributed by atoms with Crippen molar-refractivity contribution in [3.8, 4) is 0 Å². The molecule has 148 valence electrons. The molecule has 0 saturated heterocycles. The Labute approximate surface area is 164 Å². The van der Waals surface area contributed by atoms with Crippen molar-refractivity contribution in [2.45, 2.75) is 33.2 Å². The lowest BCUT2D eigenvalue weighted by molar-refractivity contribution is 0.0528. The van der Waals surface area contributed by atoms with Crippen LogP contribution >= 0.6 is 11.3 Å². The number of esters is 1. The number of thiophene rings is 1. The smallest absolute Gasteiger partial charge is 0.340 e. The molecule has 3 rings (SSSR count). The molecule has 8 heteroatoms. The summed E-state index contributed by atoms with van der Waals surface area (Å²) in [6, 6.07) is 5.74. The average molecular weight is 404 g/mol. The van der Waals surface area contributed by atoms with Crippen molar-refractivity contribution in [1.29, 1.82) is 0 Å². The summed E-state index contributed by atoms with van der Waals surface area (Å²) < 4.78 is 20.9. The second-order valence-corrected chi connectivity index (χ2v) is 7.80.